The van der Waals surface area contributed by atoms with Gasteiger partial charge in [0.05, 0.1) is 11.6 Å². The molecule has 0 radical (unpaired) electrons. The zero-order chi connectivity index (χ0) is 18.5. The number of aryl methyl sites for hydroxylation is 1. The normalized spacial score (nSPS) is 11.1. The minimum Gasteiger partial charge on any atom is -0.381 e. The van der Waals surface area contributed by atoms with E-state index >= 15 is 0 Å². The van der Waals surface area contributed by atoms with Crippen LogP contribution in [0.25, 0.3) is 0 Å². The highest BCUT2D eigenvalue weighted by atomic mass is 127. The summed E-state index contributed by atoms with van der Waals surface area (Å²) >= 11 is 1.79. The minimum atomic E-state index is 0. The van der Waals surface area contributed by atoms with Crippen LogP contribution in [0, 0.1) is 0 Å². The lowest BCUT2D eigenvalue weighted by atomic mass is 10.2. The quantitative estimate of drug-likeness (QED) is 0.213. The molecule has 5 nitrogen and oxygen atoms in total. The number of benzene rings is 1. The molecule has 0 fully saturated rings. The number of halogens is 1. The van der Waals surface area contributed by atoms with Crippen molar-refractivity contribution in [2.75, 3.05) is 33.4 Å². The lowest BCUT2D eigenvalue weighted by Crippen LogP contribution is -2.39. The summed E-state index contributed by atoms with van der Waals surface area (Å²) in [5.41, 5.74) is 1.32. The second-order valence-corrected chi connectivity index (χ2v) is 7.15. The highest BCUT2D eigenvalue weighted by molar-refractivity contribution is 14.0. The molecule has 0 aliphatic rings. The average molecular weight is 502 g/mol. The molecule has 27 heavy (non-hydrogen) atoms. The summed E-state index contributed by atoms with van der Waals surface area (Å²) in [5, 5.41) is 7.83. The third-order valence-corrected chi connectivity index (χ3v) is 5.14. The third-order valence-electron chi connectivity index (χ3n) is 3.94. The van der Waals surface area contributed by atoms with E-state index in [1.165, 1.54) is 15.4 Å². The molecule has 0 amide bonds. The van der Waals surface area contributed by atoms with Crippen LogP contribution in [-0.2, 0) is 24.0 Å². The number of guanidine groups is 1. The van der Waals surface area contributed by atoms with E-state index in [0.717, 1.165) is 57.9 Å². The first-order valence-corrected chi connectivity index (χ1v) is 10.1. The van der Waals surface area contributed by atoms with Crippen molar-refractivity contribution in [3.8, 4) is 0 Å². The largest absolute Gasteiger partial charge is 0.381 e. The number of ether oxygens (including phenoxy) is 1. The molecule has 150 valence electrons. The average Bonchev–Trinajstić information content (AvgIpc) is 3.14. The maximum Gasteiger partial charge on any atom is 0.190 e. The molecule has 2 aromatic rings. The van der Waals surface area contributed by atoms with E-state index in [4.69, 9.17) is 4.74 Å². The Bertz CT molecular complexity index is 648. The van der Waals surface area contributed by atoms with Gasteiger partial charge in [0.15, 0.2) is 5.96 Å². The van der Waals surface area contributed by atoms with Gasteiger partial charge in [-0.1, -0.05) is 37.3 Å². The van der Waals surface area contributed by atoms with Crippen molar-refractivity contribution in [2.24, 2.45) is 4.99 Å². The van der Waals surface area contributed by atoms with Gasteiger partial charge in [-0.2, -0.15) is 0 Å². The van der Waals surface area contributed by atoms with Crippen LogP contribution in [0.1, 0.15) is 28.8 Å². The predicted octanol–water partition coefficient (Wildman–Crippen LogP) is 3.68. The zero-order valence-electron chi connectivity index (χ0n) is 16.2. The van der Waals surface area contributed by atoms with Crippen molar-refractivity contribution < 1.29 is 4.74 Å². The molecule has 0 unspecified atom stereocenters. The van der Waals surface area contributed by atoms with Crippen LogP contribution in [0.4, 0.5) is 0 Å². The molecule has 0 atom stereocenters. The smallest absolute Gasteiger partial charge is 0.190 e. The zero-order valence-corrected chi connectivity index (χ0v) is 19.4. The first-order chi connectivity index (χ1) is 12.8. The highest BCUT2D eigenvalue weighted by Crippen LogP contribution is 2.13. The molecule has 0 spiro atoms. The lowest BCUT2D eigenvalue weighted by Gasteiger charge is -2.11. The predicted molar refractivity (Wildman–Crippen MR) is 126 cm³/mol. The van der Waals surface area contributed by atoms with Gasteiger partial charge in [0.2, 0.25) is 0 Å². The molecule has 0 saturated heterocycles. The number of rotatable bonds is 11. The summed E-state index contributed by atoms with van der Waals surface area (Å²) in [6.45, 7) is 5.37. The Kier molecular flexibility index (Phi) is 13.1. The first kappa shape index (κ1) is 23.8. The van der Waals surface area contributed by atoms with E-state index in [9.17, 15) is 0 Å². The van der Waals surface area contributed by atoms with Gasteiger partial charge in [0.25, 0.3) is 0 Å². The van der Waals surface area contributed by atoms with Crippen molar-refractivity contribution in [1.29, 1.82) is 0 Å². The number of nitrogens with one attached hydrogen (secondary N) is 2. The van der Waals surface area contributed by atoms with Crippen LogP contribution in [0.5, 0.6) is 0 Å². The van der Waals surface area contributed by atoms with Gasteiger partial charge in [-0.25, -0.2) is 4.98 Å². The molecule has 0 saturated carbocycles. The summed E-state index contributed by atoms with van der Waals surface area (Å²) in [7, 11) is 1.80. The molecular formula is C20H31IN4OS. The Morgan fingerprint density at radius 2 is 1.89 bits per heavy atom. The number of hydrogen-bond donors (Lipinski definition) is 2. The second-order valence-electron chi connectivity index (χ2n) is 5.95. The van der Waals surface area contributed by atoms with Gasteiger partial charge in [0, 0.05) is 44.2 Å². The van der Waals surface area contributed by atoms with Crippen LogP contribution in [0.2, 0.25) is 0 Å². The number of aromatic nitrogens is 1. The van der Waals surface area contributed by atoms with Gasteiger partial charge in [-0.3, -0.25) is 4.99 Å². The Balaban J connectivity index is 0.00000364. The van der Waals surface area contributed by atoms with E-state index in [1.807, 2.05) is 12.3 Å². The third kappa shape index (κ3) is 10.1. The molecule has 2 rings (SSSR count). The van der Waals surface area contributed by atoms with E-state index in [2.05, 4.69) is 51.8 Å². The van der Waals surface area contributed by atoms with E-state index in [0.29, 0.717) is 0 Å². The molecule has 7 heteroatoms. The monoisotopic (exact) mass is 502 g/mol. The Hall–Kier alpha value is -1.19. The van der Waals surface area contributed by atoms with Crippen molar-refractivity contribution in [3.63, 3.8) is 0 Å². The SMILES string of the molecule is CCc1cnc(CCNC(=NC)NCCCOCCc2ccccc2)s1.I. The highest BCUT2D eigenvalue weighted by Gasteiger charge is 2.02. The molecule has 2 N–H and O–H groups in total. The van der Waals surface area contributed by atoms with E-state index < -0.39 is 0 Å². The summed E-state index contributed by atoms with van der Waals surface area (Å²) in [6, 6.07) is 10.4. The molecule has 0 bridgehead atoms. The van der Waals surface area contributed by atoms with Crippen molar-refractivity contribution >= 4 is 41.3 Å². The van der Waals surface area contributed by atoms with Crippen LogP contribution in [0.15, 0.2) is 41.5 Å². The molecular weight excluding hydrogens is 471 g/mol. The van der Waals surface area contributed by atoms with Gasteiger partial charge < -0.3 is 15.4 Å². The second kappa shape index (κ2) is 14.8. The lowest BCUT2D eigenvalue weighted by molar-refractivity contribution is 0.135. The molecule has 1 heterocycles. The fourth-order valence-corrected chi connectivity index (χ4v) is 3.32. The number of thiazole rings is 1. The van der Waals surface area contributed by atoms with Gasteiger partial charge >= 0.3 is 0 Å². The fourth-order valence-electron chi connectivity index (χ4n) is 2.45. The number of aliphatic imine (C=N–C) groups is 1. The number of nitrogens with zero attached hydrogens (tertiary/aromatic N) is 2. The topological polar surface area (TPSA) is 58.5 Å². The number of hydrogen-bond acceptors (Lipinski definition) is 4. The maximum atomic E-state index is 5.70. The van der Waals surface area contributed by atoms with E-state index in [-0.39, 0.29) is 24.0 Å². The molecule has 0 aliphatic heterocycles. The molecule has 1 aromatic carbocycles. The van der Waals surface area contributed by atoms with Crippen LogP contribution >= 0.6 is 35.3 Å². The first-order valence-electron chi connectivity index (χ1n) is 9.31. The molecule has 0 aliphatic carbocycles. The standard InChI is InChI=1S/C20H30N4OS.HI/c1-3-18-16-24-19(26-18)10-13-23-20(21-2)22-12-7-14-25-15-11-17-8-5-4-6-9-17;/h4-6,8-9,16H,3,7,10-15H2,1-2H3,(H2,21,22,23);1H. The Morgan fingerprint density at radius 3 is 2.59 bits per heavy atom. The van der Waals surface area contributed by atoms with Crippen LogP contribution in [0.3, 0.4) is 0 Å². The van der Waals surface area contributed by atoms with Crippen LogP contribution in [-0.4, -0.2) is 44.3 Å². The summed E-state index contributed by atoms with van der Waals surface area (Å²) in [4.78, 5) is 10.0. The Labute approximate surface area is 184 Å². The van der Waals surface area contributed by atoms with Gasteiger partial charge in [0.1, 0.15) is 0 Å². The fraction of sp³-hybridized carbons (Fsp3) is 0.500. The van der Waals surface area contributed by atoms with Crippen molar-refractivity contribution in [3.05, 3.63) is 52.0 Å². The minimum absolute atomic E-state index is 0. The maximum absolute atomic E-state index is 5.70. The molecule has 1 aromatic heterocycles. The summed E-state index contributed by atoms with van der Waals surface area (Å²) < 4.78 is 5.70. The van der Waals surface area contributed by atoms with Crippen molar-refractivity contribution in [1.82, 2.24) is 15.6 Å². The summed E-state index contributed by atoms with van der Waals surface area (Å²) in [5.74, 6) is 0.835. The van der Waals surface area contributed by atoms with Gasteiger partial charge in [-0.15, -0.1) is 35.3 Å². The Morgan fingerprint density at radius 1 is 1.11 bits per heavy atom. The summed E-state index contributed by atoms with van der Waals surface area (Å²) in [6.07, 6.45) is 5.89. The van der Waals surface area contributed by atoms with E-state index in [1.54, 1.807) is 18.4 Å². The van der Waals surface area contributed by atoms with Crippen molar-refractivity contribution in [2.45, 2.75) is 32.6 Å². The van der Waals surface area contributed by atoms with Gasteiger partial charge in [-0.05, 0) is 24.8 Å². The van der Waals surface area contributed by atoms with Crippen LogP contribution < -0.4 is 10.6 Å².